The number of fused-ring (bicyclic) bond motifs is 2. The Labute approximate surface area is 182 Å². The number of nitrogens with zero attached hydrogens (tertiary/aromatic N) is 2. The average Bonchev–Trinajstić information content (AvgIpc) is 3.38. The van der Waals surface area contributed by atoms with E-state index in [0.29, 0.717) is 39.0 Å². The third kappa shape index (κ3) is 3.00. The van der Waals surface area contributed by atoms with E-state index in [1.54, 1.807) is 18.4 Å². The van der Waals surface area contributed by atoms with Crippen molar-refractivity contribution in [2.45, 2.75) is 4.90 Å². The van der Waals surface area contributed by atoms with E-state index in [-0.39, 0.29) is 16.4 Å². The summed E-state index contributed by atoms with van der Waals surface area (Å²) in [5.41, 5.74) is 8.89. The number of aromatic amines is 2. The second-order valence-electron chi connectivity index (χ2n) is 7.51. The number of furan rings is 1. The lowest BCUT2D eigenvalue weighted by Gasteiger charge is -2.12. The molecule has 0 aliphatic heterocycles. The number of aromatic nitrogens is 3. The van der Waals surface area contributed by atoms with Crippen molar-refractivity contribution in [2.24, 2.45) is 0 Å². The molecule has 0 saturated heterocycles. The van der Waals surface area contributed by atoms with Crippen molar-refractivity contribution in [2.75, 3.05) is 19.8 Å². The molecule has 5 aromatic rings. The Morgan fingerprint density at radius 1 is 1.03 bits per heavy atom. The number of anilines is 1. The van der Waals surface area contributed by atoms with Gasteiger partial charge in [-0.15, -0.1) is 0 Å². The zero-order chi connectivity index (χ0) is 22.6. The molecule has 3 heterocycles. The number of para-hydroxylation sites is 1. The lowest BCUT2D eigenvalue weighted by molar-refractivity contribution is 0.521. The number of nitrogens with one attached hydrogen (secondary N) is 2. The lowest BCUT2D eigenvalue weighted by atomic mass is 9.98. The number of sulfonamides is 1. The predicted molar refractivity (Wildman–Crippen MR) is 123 cm³/mol. The first-order valence-corrected chi connectivity index (χ1v) is 11.1. The molecule has 4 N–H and O–H groups in total. The largest absolute Gasteiger partial charge is 0.464 e. The summed E-state index contributed by atoms with van der Waals surface area (Å²) < 4.78 is 31.8. The lowest BCUT2D eigenvalue weighted by Crippen LogP contribution is -2.22. The van der Waals surface area contributed by atoms with Crippen LogP contribution in [0.2, 0.25) is 0 Å². The Morgan fingerprint density at radius 3 is 2.50 bits per heavy atom. The van der Waals surface area contributed by atoms with Crippen molar-refractivity contribution < 1.29 is 12.8 Å². The molecule has 0 spiro atoms. The Balaban J connectivity index is 1.81. The number of nitrogen functional groups attached to an aromatic ring is 1. The first kappa shape index (κ1) is 20.0. The summed E-state index contributed by atoms with van der Waals surface area (Å²) in [6, 6.07) is 13.9. The van der Waals surface area contributed by atoms with Crippen molar-refractivity contribution in [1.29, 1.82) is 0 Å². The summed E-state index contributed by atoms with van der Waals surface area (Å²) in [5.74, 6) is -0.00881. The standard InChI is InChI=1S/C22H19N5O4S/c1-27(2)32(29,30)14-8-6-12(7-9-14)18-16(15-5-3-4-13-10-11-31-19(13)15)17-20(24-18)25-22(23)26-21(17)28/h3-11H,1-2H3,(H4,23,24,25,26,28). The van der Waals surface area contributed by atoms with Crippen LogP contribution in [0.4, 0.5) is 5.95 Å². The van der Waals surface area contributed by atoms with Gasteiger partial charge >= 0.3 is 0 Å². The smallest absolute Gasteiger partial charge is 0.262 e. The van der Waals surface area contributed by atoms with Crippen molar-refractivity contribution in [3.63, 3.8) is 0 Å². The molecule has 0 unspecified atom stereocenters. The monoisotopic (exact) mass is 449 g/mol. The fraction of sp³-hybridized carbons (Fsp3) is 0.0909. The van der Waals surface area contributed by atoms with Crippen molar-refractivity contribution >= 4 is 38.0 Å². The summed E-state index contributed by atoms with van der Waals surface area (Å²) in [7, 11) is -0.617. The van der Waals surface area contributed by atoms with Gasteiger partial charge in [0.15, 0.2) is 0 Å². The molecule has 0 atom stereocenters. The molecule has 0 bridgehead atoms. The highest BCUT2D eigenvalue weighted by Crippen LogP contribution is 2.40. The minimum atomic E-state index is -3.57. The molecule has 0 saturated carbocycles. The van der Waals surface area contributed by atoms with E-state index < -0.39 is 10.0 Å². The van der Waals surface area contributed by atoms with E-state index >= 15 is 0 Å². The van der Waals surface area contributed by atoms with Crippen LogP contribution in [0, 0.1) is 0 Å². The van der Waals surface area contributed by atoms with Gasteiger partial charge in [0.05, 0.1) is 22.2 Å². The maximum atomic E-state index is 12.9. The van der Waals surface area contributed by atoms with Crippen molar-refractivity contribution in [3.05, 3.63) is 65.1 Å². The Hall–Kier alpha value is -3.89. The highest BCUT2D eigenvalue weighted by Gasteiger charge is 2.23. The SMILES string of the molecule is CN(C)S(=O)(=O)c1ccc(-c2[nH]c3nc(N)[nH]c(=O)c3c2-c2cccc3ccoc23)cc1. The van der Waals surface area contributed by atoms with Crippen LogP contribution in [-0.4, -0.2) is 41.8 Å². The summed E-state index contributed by atoms with van der Waals surface area (Å²) >= 11 is 0. The van der Waals surface area contributed by atoms with Gasteiger partial charge in [0.25, 0.3) is 5.56 Å². The number of rotatable bonds is 4. The van der Waals surface area contributed by atoms with Gasteiger partial charge in [0.2, 0.25) is 16.0 Å². The van der Waals surface area contributed by atoms with Crippen LogP contribution in [0.5, 0.6) is 0 Å². The van der Waals surface area contributed by atoms with E-state index in [1.807, 2.05) is 24.3 Å². The first-order valence-electron chi connectivity index (χ1n) is 9.68. The van der Waals surface area contributed by atoms with Gasteiger partial charge in [-0.3, -0.25) is 9.78 Å². The second-order valence-corrected chi connectivity index (χ2v) is 9.66. The average molecular weight is 449 g/mol. The fourth-order valence-electron chi connectivity index (χ4n) is 3.80. The molecule has 0 aliphatic rings. The molecule has 0 fully saturated rings. The molecule has 9 nitrogen and oxygen atoms in total. The molecule has 2 aromatic carbocycles. The Kier molecular flexibility index (Phi) is 4.43. The number of H-pyrrole nitrogens is 2. The summed E-state index contributed by atoms with van der Waals surface area (Å²) in [6.07, 6.45) is 1.59. The number of hydrogen-bond donors (Lipinski definition) is 3. The fourth-order valence-corrected chi connectivity index (χ4v) is 4.70. The molecule has 0 radical (unpaired) electrons. The number of benzene rings is 2. The van der Waals surface area contributed by atoms with Gasteiger partial charge in [0, 0.05) is 30.6 Å². The third-order valence-corrected chi connectivity index (χ3v) is 7.18. The van der Waals surface area contributed by atoms with E-state index in [2.05, 4.69) is 15.0 Å². The van der Waals surface area contributed by atoms with E-state index in [4.69, 9.17) is 10.2 Å². The molecule has 5 rings (SSSR count). The Morgan fingerprint density at radius 2 is 1.78 bits per heavy atom. The van der Waals surface area contributed by atoms with Gasteiger partial charge in [-0.1, -0.05) is 30.3 Å². The molecular weight excluding hydrogens is 430 g/mol. The minimum absolute atomic E-state index is 0.00881. The summed E-state index contributed by atoms with van der Waals surface area (Å²) in [4.78, 5) is 23.0. The first-order chi connectivity index (χ1) is 15.3. The van der Waals surface area contributed by atoms with Gasteiger partial charge in [0.1, 0.15) is 11.2 Å². The third-order valence-electron chi connectivity index (χ3n) is 5.35. The van der Waals surface area contributed by atoms with Gasteiger partial charge in [-0.25, -0.2) is 12.7 Å². The van der Waals surface area contributed by atoms with Crippen molar-refractivity contribution in [3.8, 4) is 22.4 Å². The normalized spacial score (nSPS) is 12.2. The Bertz CT molecular complexity index is 1640. The quantitative estimate of drug-likeness (QED) is 0.385. The van der Waals surface area contributed by atoms with Crippen LogP contribution in [0.25, 0.3) is 44.4 Å². The topological polar surface area (TPSA) is 138 Å². The predicted octanol–water partition coefficient (Wildman–Crippen LogP) is 3.16. The number of nitrogens with two attached hydrogens (primary N) is 1. The van der Waals surface area contributed by atoms with Gasteiger partial charge in [-0.2, -0.15) is 4.98 Å². The summed E-state index contributed by atoms with van der Waals surface area (Å²) in [6.45, 7) is 0. The zero-order valence-corrected chi connectivity index (χ0v) is 18.0. The van der Waals surface area contributed by atoms with Crippen LogP contribution >= 0.6 is 0 Å². The van der Waals surface area contributed by atoms with Crippen LogP contribution in [0.15, 0.2) is 68.9 Å². The highest BCUT2D eigenvalue weighted by molar-refractivity contribution is 7.89. The van der Waals surface area contributed by atoms with Crippen LogP contribution in [-0.2, 0) is 10.0 Å². The molecule has 0 aliphatic carbocycles. The van der Waals surface area contributed by atoms with Gasteiger partial charge < -0.3 is 15.1 Å². The van der Waals surface area contributed by atoms with Crippen LogP contribution in [0.1, 0.15) is 0 Å². The van der Waals surface area contributed by atoms with Crippen molar-refractivity contribution in [1.82, 2.24) is 19.3 Å². The number of hydrogen-bond acceptors (Lipinski definition) is 6. The van der Waals surface area contributed by atoms with E-state index in [9.17, 15) is 13.2 Å². The molecule has 32 heavy (non-hydrogen) atoms. The highest BCUT2D eigenvalue weighted by atomic mass is 32.2. The molecular formula is C22H19N5O4S. The van der Waals surface area contributed by atoms with Crippen LogP contribution < -0.4 is 11.3 Å². The van der Waals surface area contributed by atoms with Crippen LogP contribution in [0.3, 0.4) is 0 Å². The van der Waals surface area contributed by atoms with E-state index in [0.717, 1.165) is 9.69 Å². The molecule has 10 heteroatoms. The molecule has 162 valence electrons. The van der Waals surface area contributed by atoms with Gasteiger partial charge in [-0.05, 0) is 23.8 Å². The summed E-state index contributed by atoms with van der Waals surface area (Å²) in [5, 5.41) is 1.22. The minimum Gasteiger partial charge on any atom is -0.464 e. The molecule has 3 aromatic heterocycles. The molecule has 0 amide bonds. The zero-order valence-electron chi connectivity index (χ0n) is 17.2. The maximum absolute atomic E-state index is 12.9. The second kappa shape index (κ2) is 7.08. The maximum Gasteiger partial charge on any atom is 0.262 e. The van der Waals surface area contributed by atoms with E-state index in [1.165, 1.54) is 26.2 Å².